The number of guanidine groups is 1. The fourth-order valence-corrected chi connectivity index (χ4v) is 3.23. The molecule has 2 rings (SSSR count). The molecule has 0 bridgehead atoms. The molecule has 5 nitrogen and oxygen atoms in total. The van der Waals surface area contributed by atoms with Gasteiger partial charge in [-0.2, -0.15) is 0 Å². The number of nitrogens with zero attached hydrogens (tertiary/aromatic N) is 3. The quantitative estimate of drug-likeness (QED) is 0.264. The first kappa shape index (κ1) is 23.2. The van der Waals surface area contributed by atoms with Gasteiger partial charge in [0.05, 0.1) is 0 Å². The lowest BCUT2D eigenvalue weighted by Crippen LogP contribution is -2.47. The van der Waals surface area contributed by atoms with Gasteiger partial charge in [-0.15, -0.1) is 24.0 Å². The molecule has 1 fully saturated rings. The minimum absolute atomic E-state index is 0. The molecule has 1 heterocycles. The molecule has 1 atom stereocenters. The lowest BCUT2D eigenvalue weighted by Gasteiger charge is -2.40. The Morgan fingerprint density at radius 2 is 2.00 bits per heavy atom. The summed E-state index contributed by atoms with van der Waals surface area (Å²) in [6, 6.07) is 11.3. The van der Waals surface area contributed by atoms with Gasteiger partial charge in [0.2, 0.25) is 0 Å². The van der Waals surface area contributed by atoms with Crippen LogP contribution in [0, 0.1) is 5.92 Å². The van der Waals surface area contributed by atoms with Crippen LogP contribution in [0.4, 0.5) is 0 Å². The summed E-state index contributed by atoms with van der Waals surface area (Å²) in [6.45, 7) is 10.5. The molecule has 1 aromatic rings. The third-order valence-corrected chi connectivity index (χ3v) is 4.79. The number of likely N-dealkylation sites (N-methyl/N-ethyl adjacent to an activating group) is 1. The zero-order valence-corrected chi connectivity index (χ0v) is 18.9. The SMILES string of the molecule is CC(C)CCNC(N)=NCCCN1CCN(C)CC1c1ccccc1.I. The average Bonchev–Trinajstić information content (AvgIpc) is 2.60. The molecule has 1 unspecified atom stereocenters. The summed E-state index contributed by atoms with van der Waals surface area (Å²) in [5, 5.41) is 3.20. The van der Waals surface area contributed by atoms with Crippen molar-refractivity contribution in [1.82, 2.24) is 15.1 Å². The first-order chi connectivity index (χ1) is 12.1. The normalized spacial score (nSPS) is 19.4. The van der Waals surface area contributed by atoms with Crippen molar-refractivity contribution in [2.75, 3.05) is 46.3 Å². The van der Waals surface area contributed by atoms with Gasteiger partial charge in [-0.05, 0) is 31.4 Å². The lowest BCUT2D eigenvalue weighted by molar-refractivity contribution is 0.0894. The van der Waals surface area contributed by atoms with E-state index < -0.39 is 0 Å². The summed E-state index contributed by atoms with van der Waals surface area (Å²) in [7, 11) is 2.21. The predicted molar refractivity (Wildman–Crippen MR) is 122 cm³/mol. The second-order valence-corrected chi connectivity index (χ2v) is 7.45. The summed E-state index contributed by atoms with van der Waals surface area (Å²) in [4.78, 5) is 9.47. The maximum Gasteiger partial charge on any atom is 0.188 e. The Morgan fingerprint density at radius 1 is 1.27 bits per heavy atom. The van der Waals surface area contributed by atoms with E-state index in [-0.39, 0.29) is 24.0 Å². The van der Waals surface area contributed by atoms with Crippen LogP contribution in [-0.4, -0.2) is 62.1 Å². The minimum Gasteiger partial charge on any atom is -0.370 e. The van der Waals surface area contributed by atoms with E-state index >= 15 is 0 Å². The summed E-state index contributed by atoms with van der Waals surface area (Å²) < 4.78 is 0. The second kappa shape index (κ2) is 12.5. The van der Waals surface area contributed by atoms with Crippen LogP contribution in [0.3, 0.4) is 0 Å². The Hall–Kier alpha value is -0.860. The van der Waals surface area contributed by atoms with Gasteiger partial charge < -0.3 is 16.0 Å². The monoisotopic (exact) mass is 473 g/mol. The van der Waals surface area contributed by atoms with E-state index in [9.17, 15) is 0 Å². The number of benzene rings is 1. The van der Waals surface area contributed by atoms with Crippen LogP contribution in [0.2, 0.25) is 0 Å². The first-order valence-electron chi connectivity index (χ1n) is 9.57. The van der Waals surface area contributed by atoms with Crippen molar-refractivity contribution in [2.45, 2.75) is 32.7 Å². The average molecular weight is 473 g/mol. The second-order valence-electron chi connectivity index (χ2n) is 7.45. The van der Waals surface area contributed by atoms with E-state index in [1.54, 1.807) is 0 Å². The zero-order valence-electron chi connectivity index (χ0n) is 16.5. The Bertz CT molecular complexity index is 520. The van der Waals surface area contributed by atoms with Gasteiger partial charge >= 0.3 is 0 Å². The topological polar surface area (TPSA) is 56.9 Å². The van der Waals surface area contributed by atoms with E-state index in [4.69, 9.17) is 5.73 Å². The van der Waals surface area contributed by atoms with Gasteiger partial charge in [0.15, 0.2) is 5.96 Å². The van der Waals surface area contributed by atoms with Crippen molar-refractivity contribution in [1.29, 1.82) is 0 Å². The molecular formula is C20H36IN5. The van der Waals surface area contributed by atoms with Crippen LogP contribution in [0.5, 0.6) is 0 Å². The van der Waals surface area contributed by atoms with E-state index in [0.717, 1.165) is 52.1 Å². The number of nitrogens with one attached hydrogen (secondary N) is 1. The van der Waals surface area contributed by atoms with Crippen LogP contribution >= 0.6 is 24.0 Å². The van der Waals surface area contributed by atoms with Gasteiger partial charge in [0.1, 0.15) is 0 Å². The molecule has 0 radical (unpaired) electrons. The smallest absolute Gasteiger partial charge is 0.188 e. The van der Waals surface area contributed by atoms with Crippen LogP contribution in [0.15, 0.2) is 35.3 Å². The largest absolute Gasteiger partial charge is 0.370 e. The van der Waals surface area contributed by atoms with Gasteiger partial charge in [-0.1, -0.05) is 44.2 Å². The number of piperazine rings is 1. The fourth-order valence-electron chi connectivity index (χ4n) is 3.23. The number of nitrogens with two attached hydrogens (primary N) is 1. The third kappa shape index (κ3) is 8.22. The minimum atomic E-state index is 0. The Labute approximate surface area is 176 Å². The summed E-state index contributed by atoms with van der Waals surface area (Å²) >= 11 is 0. The highest BCUT2D eigenvalue weighted by atomic mass is 127. The number of rotatable bonds is 8. The van der Waals surface area contributed by atoms with Crippen molar-refractivity contribution in [3.05, 3.63) is 35.9 Å². The van der Waals surface area contributed by atoms with Crippen molar-refractivity contribution in [3.8, 4) is 0 Å². The molecule has 0 aromatic heterocycles. The van der Waals surface area contributed by atoms with E-state index in [0.29, 0.717) is 17.9 Å². The molecule has 0 aliphatic carbocycles. The van der Waals surface area contributed by atoms with Gasteiger partial charge in [0.25, 0.3) is 0 Å². The van der Waals surface area contributed by atoms with Gasteiger partial charge in [-0.25, -0.2) is 0 Å². The van der Waals surface area contributed by atoms with E-state index in [1.807, 2.05) is 0 Å². The molecule has 0 saturated carbocycles. The molecule has 1 saturated heterocycles. The van der Waals surface area contributed by atoms with E-state index in [2.05, 4.69) is 71.3 Å². The van der Waals surface area contributed by atoms with Crippen LogP contribution in [0.25, 0.3) is 0 Å². The first-order valence-corrected chi connectivity index (χ1v) is 9.57. The summed E-state index contributed by atoms with van der Waals surface area (Å²) in [6.07, 6.45) is 2.16. The Morgan fingerprint density at radius 3 is 2.69 bits per heavy atom. The van der Waals surface area contributed by atoms with E-state index in [1.165, 1.54) is 5.56 Å². The molecule has 3 N–H and O–H groups in total. The number of hydrogen-bond acceptors (Lipinski definition) is 3. The number of halogens is 1. The highest BCUT2D eigenvalue weighted by Gasteiger charge is 2.25. The van der Waals surface area contributed by atoms with Crippen LogP contribution in [-0.2, 0) is 0 Å². The standard InChI is InChI=1S/C20H35N5.HI/c1-17(2)10-12-23-20(21)22-11-7-13-25-15-14-24(3)16-19(25)18-8-5-4-6-9-18;/h4-6,8-9,17,19H,7,10-16H2,1-3H3,(H3,21,22,23);1H. The maximum atomic E-state index is 5.93. The molecule has 1 aliphatic rings. The Kier molecular flexibility index (Phi) is 11.2. The molecule has 0 amide bonds. The van der Waals surface area contributed by atoms with Gasteiger partial charge in [0, 0.05) is 45.3 Å². The summed E-state index contributed by atoms with van der Waals surface area (Å²) in [5.41, 5.74) is 7.34. The highest BCUT2D eigenvalue weighted by molar-refractivity contribution is 14.0. The molecule has 148 valence electrons. The van der Waals surface area contributed by atoms with Crippen LogP contribution < -0.4 is 11.1 Å². The number of aliphatic imine (C=N–C) groups is 1. The van der Waals surface area contributed by atoms with Crippen molar-refractivity contribution >= 4 is 29.9 Å². The molecule has 1 aromatic carbocycles. The maximum absolute atomic E-state index is 5.93. The zero-order chi connectivity index (χ0) is 18.1. The molecular weight excluding hydrogens is 437 g/mol. The molecule has 6 heteroatoms. The molecule has 0 spiro atoms. The van der Waals surface area contributed by atoms with Crippen LogP contribution in [0.1, 0.15) is 38.3 Å². The molecule has 26 heavy (non-hydrogen) atoms. The van der Waals surface area contributed by atoms with Gasteiger partial charge in [-0.3, -0.25) is 9.89 Å². The van der Waals surface area contributed by atoms with Crippen molar-refractivity contribution in [2.24, 2.45) is 16.6 Å². The Balaban J connectivity index is 0.00000338. The summed E-state index contributed by atoms with van der Waals surface area (Å²) in [5.74, 6) is 1.27. The van der Waals surface area contributed by atoms with Crippen molar-refractivity contribution < 1.29 is 0 Å². The molecule has 1 aliphatic heterocycles. The highest BCUT2D eigenvalue weighted by Crippen LogP contribution is 2.24. The lowest BCUT2D eigenvalue weighted by atomic mass is 10.0. The number of hydrogen-bond donors (Lipinski definition) is 2. The van der Waals surface area contributed by atoms with Crippen molar-refractivity contribution in [3.63, 3.8) is 0 Å². The predicted octanol–water partition coefficient (Wildman–Crippen LogP) is 2.93. The fraction of sp³-hybridized carbons (Fsp3) is 0.650. The third-order valence-electron chi connectivity index (χ3n) is 4.79.